The monoisotopic (exact) mass is 422 g/mol. The molecule has 0 radical (unpaired) electrons. The molecule has 1 unspecified atom stereocenters. The van der Waals surface area contributed by atoms with Crippen LogP contribution in [0.1, 0.15) is 45.6 Å². The van der Waals surface area contributed by atoms with E-state index in [2.05, 4.69) is 23.0 Å². The fourth-order valence-electron chi connectivity index (χ4n) is 3.02. The standard InChI is InChI=1S/C24H26N2O3S/c1-16-5-13-23(14-6-16)30(28,29)26-22-11-9-20(10-12-22)24(27)25-19(4)21-8-7-17(2)18(3)15-21/h5-15,19,26H,1-4H3,(H,25,27). The van der Waals surface area contributed by atoms with E-state index in [0.717, 1.165) is 11.1 Å². The molecular formula is C24H26N2O3S. The highest BCUT2D eigenvalue weighted by Crippen LogP contribution is 2.19. The van der Waals surface area contributed by atoms with Gasteiger partial charge in [-0.2, -0.15) is 0 Å². The van der Waals surface area contributed by atoms with Gasteiger partial charge in [0, 0.05) is 11.3 Å². The Bertz CT molecular complexity index is 1150. The third kappa shape index (κ3) is 5.07. The van der Waals surface area contributed by atoms with E-state index in [1.807, 2.05) is 32.9 Å². The van der Waals surface area contributed by atoms with Crippen molar-refractivity contribution < 1.29 is 13.2 Å². The largest absolute Gasteiger partial charge is 0.346 e. The molecule has 0 spiro atoms. The first-order valence-corrected chi connectivity index (χ1v) is 11.2. The summed E-state index contributed by atoms with van der Waals surface area (Å²) in [5.41, 5.74) is 5.27. The average molecular weight is 423 g/mol. The third-order valence-corrected chi connectivity index (χ3v) is 6.51. The number of amides is 1. The van der Waals surface area contributed by atoms with Gasteiger partial charge in [0.2, 0.25) is 0 Å². The van der Waals surface area contributed by atoms with E-state index < -0.39 is 10.0 Å². The second-order valence-electron chi connectivity index (χ2n) is 7.53. The highest BCUT2D eigenvalue weighted by atomic mass is 32.2. The van der Waals surface area contributed by atoms with Crippen LogP contribution in [0.25, 0.3) is 0 Å². The van der Waals surface area contributed by atoms with Gasteiger partial charge in [-0.3, -0.25) is 9.52 Å². The number of nitrogens with one attached hydrogen (secondary N) is 2. The van der Waals surface area contributed by atoms with Crippen LogP contribution in [-0.2, 0) is 10.0 Å². The second kappa shape index (κ2) is 8.71. The Hall–Kier alpha value is -3.12. The van der Waals surface area contributed by atoms with Crippen molar-refractivity contribution in [2.75, 3.05) is 4.72 Å². The number of sulfonamides is 1. The molecule has 0 aliphatic carbocycles. The molecule has 2 N–H and O–H groups in total. The van der Waals surface area contributed by atoms with Gasteiger partial charge < -0.3 is 5.32 Å². The van der Waals surface area contributed by atoms with Gasteiger partial charge in [0.1, 0.15) is 0 Å². The Morgan fingerprint density at radius 1 is 0.833 bits per heavy atom. The molecule has 3 rings (SSSR count). The molecule has 3 aromatic rings. The molecule has 1 atom stereocenters. The Morgan fingerprint density at radius 2 is 1.47 bits per heavy atom. The van der Waals surface area contributed by atoms with Crippen molar-refractivity contribution in [3.63, 3.8) is 0 Å². The van der Waals surface area contributed by atoms with E-state index in [-0.39, 0.29) is 16.8 Å². The lowest BCUT2D eigenvalue weighted by Crippen LogP contribution is -2.26. The lowest BCUT2D eigenvalue weighted by Gasteiger charge is -2.16. The maximum Gasteiger partial charge on any atom is 0.261 e. The molecule has 0 saturated heterocycles. The molecule has 30 heavy (non-hydrogen) atoms. The predicted octanol–water partition coefficient (Wildman–Crippen LogP) is 4.90. The van der Waals surface area contributed by atoms with Crippen LogP contribution in [0.2, 0.25) is 0 Å². The Morgan fingerprint density at radius 3 is 2.07 bits per heavy atom. The number of aryl methyl sites for hydroxylation is 3. The van der Waals surface area contributed by atoms with Crippen LogP contribution in [0.5, 0.6) is 0 Å². The van der Waals surface area contributed by atoms with Crippen LogP contribution >= 0.6 is 0 Å². The summed E-state index contributed by atoms with van der Waals surface area (Å²) in [7, 11) is -3.68. The Labute approximate surface area is 178 Å². The van der Waals surface area contributed by atoms with Gasteiger partial charge >= 0.3 is 0 Å². The van der Waals surface area contributed by atoms with Gasteiger partial charge in [-0.15, -0.1) is 0 Å². The summed E-state index contributed by atoms with van der Waals surface area (Å²) in [6.45, 7) is 7.93. The van der Waals surface area contributed by atoms with Crippen LogP contribution < -0.4 is 10.0 Å². The first kappa shape index (κ1) is 21.6. The molecule has 156 valence electrons. The number of rotatable bonds is 6. The van der Waals surface area contributed by atoms with Crippen LogP contribution in [0.4, 0.5) is 5.69 Å². The molecule has 0 saturated carbocycles. The topological polar surface area (TPSA) is 75.3 Å². The average Bonchev–Trinajstić information content (AvgIpc) is 2.70. The normalized spacial score (nSPS) is 12.3. The van der Waals surface area contributed by atoms with Crippen molar-refractivity contribution in [2.45, 2.75) is 38.6 Å². The van der Waals surface area contributed by atoms with Crippen LogP contribution in [0.15, 0.2) is 71.6 Å². The highest BCUT2D eigenvalue weighted by Gasteiger charge is 2.15. The molecule has 5 nitrogen and oxygen atoms in total. The Kier molecular flexibility index (Phi) is 6.27. The summed E-state index contributed by atoms with van der Waals surface area (Å²) in [4.78, 5) is 12.8. The number of benzene rings is 3. The van der Waals surface area contributed by atoms with Crippen molar-refractivity contribution in [1.82, 2.24) is 5.32 Å². The summed E-state index contributed by atoms with van der Waals surface area (Å²) < 4.78 is 27.5. The molecule has 1 amide bonds. The van der Waals surface area contributed by atoms with E-state index in [4.69, 9.17) is 0 Å². The van der Waals surface area contributed by atoms with Gasteiger partial charge in [-0.05, 0) is 80.8 Å². The first-order chi connectivity index (χ1) is 14.2. The van der Waals surface area contributed by atoms with Crippen molar-refractivity contribution in [3.8, 4) is 0 Å². The minimum Gasteiger partial charge on any atom is -0.346 e. The van der Waals surface area contributed by atoms with E-state index in [9.17, 15) is 13.2 Å². The van der Waals surface area contributed by atoms with Crippen LogP contribution in [0.3, 0.4) is 0 Å². The molecule has 3 aromatic carbocycles. The van der Waals surface area contributed by atoms with Crippen LogP contribution in [0, 0.1) is 20.8 Å². The van der Waals surface area contributed by atoms with Gasteiger partial charge in [0.05, 0.1) is 10.9 Å². The predicted molar refractivity (Wildman–Crippen MR) is 120 cm³/mol. The molecule has 6 heteroatoms. The summed E-state index contributed by atoms with van der Waals surface area (Å²) in [5, 5.41) is 2.98. The van der Waals surface area contributed by atoms with Gasteiger partial charge in [-0.25, -0.2) is 8.42 Å². The molecule has 0 bridgehead atoms. The summed E-state index contributed by atoms with van der Waals surface area (Å²) >= 11 is 0. The smallest absolute Gasteiger partial charge is 0.261 e. The van der Waals surface area contributed by atoms with Crippen molar-refractivity contribution in [1.29, 1.82) is 0 Å². The van der Waals surface area contributed by atoms with Gasteiger partial charge in [-0.1, -0.05) is 35.9 Å². The van der Waals surface area contributed by atoms with Gasteiger partial charge in [0.25, 0.3) is 15.9 Å². The number of hydrogen-bond acceptors (Lipinski definition) is 3. The minimum atomic E-state index is -3.68. The molecular weight excluding hydrogens is 396 g/mol. The van der Waals surface area contributed by atoms with E-state index in [0.29, 0.717) is 11.3 Å². The molecule has 0 aliphatic rings. The molecule has 0 aliphatic heterocycles. The fraction of sp³-hybridized carbons (Fsp3) is 0.208. The minimum absolute atomic E-state index is 0.142. The van der Waals surface area contributed by atoms with E-state index in [1.54, 1.807) is 48.5 Å². The maximum absolute atomic E-state index is 12.6. The zero-order chi connectivity index (χ0) is 21.9. The summed E-state index contributed by atoms with van der Waals surface area (Å²) in [6, 6.07) is 19.0. The van der Waals surface area contributed by atoms with Gasteiger partial charge in [0.15, 0.2) is 0 Å². The SMILES string of the molecule is Cc1ccc(S(=O)(=O)Nc2ccc(C(=O)NC(C)c3ccc(C)c(C)c3)cc2)cc1. The third-order valence-electron chi connectivity index (χ3n) is 5.11. The number of carbonyl (C=O) groups excluding carboxylic acids is 1. The van der Waals surface area contributed by atoms with Crippen molar-refractivity contribution in [3.05, 3.63) is 94.5 Å². The summed E-state index contributed by atoms with van der Waals surface area (Å²) in [5.74, 6) is -0.214. The van der Waals surface area contributed by atoms with Crippen LogP contribution in [-0.4, -0.2) is 14.3 Å². The molecule has 0 aromatic heterocycles. The van der Waals surface area contributed by atoms with E-state index in [1.165, 1.54) is 11.1 Å². The molecule has 0 heterocycles. The lowest BCUT2D eigenvalue weighted by atomic mass is 10.0. The Balaban J connectivity index is 1.68. The highest BCUT2D eigenvalue weighted by molar-refractivity contribution is 7.92. The second-order valence-corrected chi connectivity index (χ2v) is 9.22. The molecule has 0 fully saturated rings. The summed E-state index contributed by atoms with van der Waals surface area (Å²) in [6.07, 6.45) is 0. The number of carbonyl (C=O) groups is 1. The fourth-order valence-corrected chi connectivity index (χ4v) is 4.08. The van der Waals surface area contributed by atoms with Crippen molar-refractivity contribution in [2.24, 2.45) is 0 Å². The zero-order valence-electron chi connectivity index (χ0n) is 17.6. The maximum atomic E-state index is 12.6. The zero-order valence-corrected chi connectivity index (χ0v) is 18.4. The first-order valence-electron chi connectivity index (χ1n) is 9.73. The van der Waals surface area contributed by atoms with Crippen molar-refractivity contribution >= 4 is 21.6 Å². The quantitative estimate of drug-likeness (QED) is 0.593. The number of anilines is 1. The lowest BCUT2D eigenvalue weighted by molar-refractivity contribution is 0.0940. The van der Waals surface area contributed by atoms with E-state index >= 15 is 0 Å². The number of hydrogen-bond donors (Lipinski definition) is 2.